The van der Waals surface area contributed by atoms with Crippen LogP contribution in [0.4, 0.5) is 24.7 Å². The quantitative estimate of drug-likeness (QED) is 0.361. The van der Waals surface area contributed by atoms with Gasteiger partial charge in [0.1, 0.15) is 17.0 Å². The maximum atomic E-state index is 13.1. The van der Waals surface area contributed by atoms with Crippen LogP contribution in [-0.4, -0.2) is 38.8 Å². The lowest BCUT2D eigenvalue weighted by Crippen LogP contribution is -2.30. The summed E-state index contributed by atoms with van der Waals surface area (Å²) in [5, 5.41) is 11.8. The lowest BCUT2D eigenvalue weighted by Gasteiger charge is -2.18. The van der Waals surface area contributed by atoms with E-state index in [1.54, 1.807) is 15.6 Å². The van der Waals surface area contributed by atoms with Gasteiger partial charge in [-0.1, -0.05) is 31.0 Å². The third kappa shape index (κ3) is 5.01. The monoisotopic (exact) mass is 552 g/mol. The van der Waals surface area contributed by atoms with Crippen LogP contribution in [0.2, 0.25) is 0 Å². The van der Waals surface area contributed by atoms with Crippen LogP contribution in [0.15, 0.2) is 47.3 Å². The summed E-state index contributed by atoms with van der Waals surface area (Å²) in [6.45, 7) is 1.07. The van der Waals surface area contributed by atoms with Gasteiger partial charge in [-0.2, -0.15) is 10.2 Å². The Bertz CT molecular complexity index is 1660. The SMILES string of the molecule is Nc1n[nH]c(=O)c2c1c(-c1ccc3c(c1)CCN3C(=O)Cc1cccc(OC(F)(F)F)c1)nn2CC1CCCC1. The number of nitrogens with two attached hydrogens (primary N) is 1. The number of benzene rings is 2. The molecule has 1 aliphatic carbocycles. The Hall–Kier alpha value is -4.35. The molecule has 2 aliphatic rings. The molecular formula is C28H27F3N6O3. The molecule has 0 radical (unpaired) electrons. The summed E-state index contributed by atoms with van der Waals surface area (Å²) in [4.78, 5) is 27.5. The predicted octanol–water partition coefficient (Wildman–Crippen LogP) is 4.59. The number of aromatic amines is 1. The Labute approximate surface area is 226 Å². The Morgan fingerprint density at radius 2 is 1.95 bits per heavy atom. The zero-order valence-electron chi connectivity index (χ0n) is 21.5. The largest absolute Gasteiger partial charge is 0.573 e. The molecule has 40 heavy (non-hydrogen) atoms. The third-order valence-electron chi connectivity index (χ3n) is 7.64. The van der Waals surface area contributed by atoms with Gasteiger partial charge < -0.3 is 15.4 Å². The van der Waals surface area contributed by atoms with E-state index in [4.69, 9.17) is 10.8 Å². The smallest absolute Gasteiger partial charge is 0.406 e. The van der Waals surface area contributed by atoms with Crippen molar-refractivity contribution >= 4 is 28.3 Å². The van der Waals surface area contributed by atoms with Crippen LogP contribution < -0.4 is 20.9 Å². The molecule has 9 nitrogen and oxygen atoms in total. The first kappa shape index (κ1) is 25.9. The van der Waals surface area contributed by atoms with E-state index >= 15 is 0 Å². The van der Waals surface area contributed by atoms with Crippen LogP contribution in [0.1, 0.15) is 36.8 Å². The molecule has 1 saturated carbocycles. The molecule has 4 aromatic rings. The number of rotatable bonds is 6. The van der Waals surface area contributed by atoms with E-state index in [2.05, 4.69) is 14.9 Å². The lowest BCUT2D eigenvalue weighted by molar-refractivity contribution is -0.274. The number of aromatic nitrogens is 4. The number of fused-ring (bicyclic) bond motifs is 2. The first-order valence-electron chi connectivity index (χ1n) is 13.2. The summed E-state index contributed by atoms with van der Waals surface area (Å²) in [5.74, 6) is 0.0414. The Morgan fingerprint density at radius 3 is 2.73 bits per heavy atom. The highest BCUT2D eigenvalue weighted by atomic mass is 19.4. The summed E-state index contributed by atoms with van der Waals surface area (Å²) in [7, 11) is 0. The fourth-order valence-electron chi connectivity index (χ4n) is 5.86. The van der Waals surface area contributed by atoms with Gasteiger partial charge in [0.05, 0.1) is 11.8 Å². The van der Waals surface area contributed by atoms with E-state index in [0.717, 1.165) is 29.7 Å². The first-order valence-corrected chi connectivity index (χ1v) is 13.2. The van der Waals surface area contributed by atoms with E-state index in [1.165, 1.54) is 31.0 Å². The molecule has 1 amide bonds. The van der Waals surface area contributed by atoms with Gasteiger partial charge in [0.2, 0.25) is 5.91 Å². The van der Waals surface area contributed by atoms with Gasteiger partial charge in [0.15, 0.2) is 5.82 Å². The number of carbonyl (C=O) groups excluding carboxylic acids is 1. The second kappa shape index (κ2) is 10.00. The summed E-state index contributed by atoms with van der Waals surface area (Å²) < 4.78 is 43.5. The number of alkyl halides is 3. The third-order valence-corrected chi connectivity index (χ3v) is 7.64. The summed E-state index contributed by atoms with van der Waals surface area (Å²) in [5.41, 5.74) is 9.69. The highest BCUT2D eigenvalue weighted by molar-refractivity contribution is 6.01. The van der Waals surface area contributed by atoms with Crippen molar-refractivity contribution in [1.82, 2.24) is 20.0 Å². The Balaban J connectivity index is 1.28. The number of anilines is 2. The molecule has 208 valence electrons. The minimum Gasteiger partial charge on any atom is -0.406 e. The summed E-state index contributed by atoms with van der Waals surface area (Å²) >= 11 is 0. The minimum absolute atomic E-state index is 0.0720. The second-order valence-corrected chi connectivity index (χ2v) is 10.4. The van der Waals surface area contributed by atoms with Crippen LogP contribution in [0, 0.1) is 5.92 Å². The van der Waals surface area contributed by atoms with Crippen LogP contribution in [0.5, 0.6) is 5.75 Å². The van der Waals surface area contributed by atoms with Crippen molar-refractivity contribution in [1.29, 1.82) is 0 Å². The minimum atomic E-state index is -4.81. The van der Waals surface area contributed by atoms with Gasteiger partial charge in [0.25, 0.3) is 5.56 Å². The number of H-pyrrole nitrogens is 1. The van der Waals surface area contributed by atoms with E-state index in [1.807, 2.05) is 18.2 Å². The number of nitrogen functional groups attached to an aromatic ring is 1. The molecule has 0 atom stereocenters. The number of hydrogen-bond donors (Lipinski definition) is 2. The highest BCUT2D eigenvalue weighted by Gasteiger charge is 2.31. The predicted molar refractivity (Wildman–Crippen MR) is 143 cm³/mol. The number of nitrogens with one attached hydrogen (secondary N) is 1. The maximum Gasteiger partial charge on any atom is 0.573 e. The number of amides is 1. The highest BCUT2D eigenvalue weighted by Crippen LogP contribution is 2.36. The molecule has 0 spiro atoms. The molecule has 1 aliphatic heterocycles. The second-order valence-electron chi connectivity index (χ2n) is 10.4. The van der Waals surface area contributed by atoms with Crippen molar-refractivity contribution in [2.45, 2.75) is 51.4 Å². The zero-order chi connectivity index (χ0) is 28.0. The molecule has 6 rings (SSSR count). The molecule has 0 bridgehead atoms. The molecule has 12 heteroatoms. The van der Waals surface area contributed by atoms with Crippen molar-refractivity contribution in [2.75, 3.05) is 17.2 Å². The molecule has 3 heterocycles. The van der Waals surface area contributed by atoms with Gasteiger partial charge in [0, 0.05) is 24.3 Å². The number of ether oxygens (including phenoxy) is 1. The van der Waals surface area contributed by atoms with Crippen LogP contribution in [0.3, 0.4) is 0 Å². The van der Waals surface area contributed by atoms with Crippen molar-refractivity contribution in [3.8, 4) is 17.0 Å². The van der Waals surface area contributed by atoms with Gasteiger partial charge in [-0.15, -0.1) is 13.2 Å². The first-order chi connectivity index (χ1) is 19.2. The van der Waals surface area contributed by atoms with Crippen molar-refractivity contribution in [2.24, 2.45) is 5.92 Å². The number of hydrogen-bond acceptors (Lipinski definition) is 6. The van der Waals surface area contributed by atoms with Crippen LogP contribution in [-0.2, 0) is 24.2 Å². The van der Waals surface area contributed by atoms with Crippen molar-refractivity contribution in [3.05, 3.63) is 63.9 Å². The number of nitrogens with zero attached hydrogens (tertiary/aromatic N) is 4. The lowest BCUT2D eigenvalue weighted by atomic mass is 10.0. The number of halogens is 3. The van der Waals surface area contributed by atoms with Gasteiger partial charge in [-0.05, 0) is 60.6 Å². The van der Waals surface area contributed by atoms with Crippen molar-refractivity contribution < 1.29 is 22.7 Å². The van der Waals surface area contributed by atoms with Gasteiger partial charge in [-0.25, -0.2) is 5.10 Å². The van der Waals surface area contributed by atoms with Gasteiger partial charge >= 0.3 is 6.36 Å². The molecule has 0 unspecified atom stereocenters. The van der Waals surface area contributed by atoms with E-state index in [9.17, 15) is 22.8 Å². The summed E-state index contributed by atoms with van der Waals surface area (Å²) in [6, 6.07) is 11.1. The van der Waals surface area contributed by atoms with E-state index < -0.39 is 6.36 Å². The fourth-order valence-corrected chi connectivity index (χ4v) is 5.86. The van der Waals surface area contributed by atoms with Crippen molar-refractivity contribution in [3.63, 3.8) is 0 Å². The normalized spacial score (nSPS) is 15.6. The molecule has 3 N–H and O–H groups in total. The standard InChI is InChI=1S/C28H27F3N6O3/c29-28(30,31)40-20-7-3-6-17(12-20)13-22(38)36-11-10-18-14-19(8-9-21(18)36)24-23-25(27(39)34-33-26(23)32)37(35-24)15-16-4-1-2-5-16/h3,6-9,12,14,16H,1-2,4-5,10-11,13,15H2,(H2,32,33)(H,34,39). The average Bonchev–Trinajstić information content (AvgIpc) is 3.64. The fraction of sp³-hybridized carbons (Fsp3) is 0.357. The van der Waals surface area contributed by atoms with E-state index in [0.29, 0.717) is 47.6 Å². The Morgan fingerprint density at radius 1 is 1.15 bits per heavy atom. The zero-order valence-corrected chi connectivity index (χ0v) is 21.5. The molecule has 2 aromatic heterocycles. The molecule has 1 fully saturated rings. The topological polar surface area (TPSA) is 119 Å². The summed E-state index contributed by atoms with van der Waals surface area (Å²) in [6.07, 6.45) is 0.251. The number of carbonyl (C=O) groups is 1. The van der Waals surface area contributed by atoms with Gasteiger partial charge in [-0.3, -0.25) is 14.3 Å². The maximum absolute atomic E-state index is 13.1. The van der Waals surface area contributed by atoms with E-state index in [-0.39, 0.29) is 29.5 Å². The molecule has 2 aromatic carbocycles. The van der Waals surface area contributed by atoms with Crippen LogP contribution in [0.25, 0.3) is 22.2 Å². The molecular weight excluding hydrogens is 525 g/mol. The average molecular weight is 553 g/mol. The van der Waals surface area contributed by atoms with Crippen LogP contribution >= 0.6 is 0 Å². The molecule has 0 saturated heterocycles. The Kier molecular flexibility index (Phi) is 6.47.